The topological polar surface area (TPSA) is 23.9 Å². The molecule has 0 bridgehead atoms. The molecular formula is C14H33N. The lowest BCUT2D eigenvalue weighted by atomic mass is 9.91. The zero-order valence-corrected chi connectivity index (χ0v) is 11.4. The Balaban J connectivity index is -0.000000180. The molecule has 0 spiro atoms. The molecule has 0 aromatic heterocycles. The lowest BCUT2D eigenvalue weighted by molar-refractivity contribution is 0.373. The summed E-state index contributed by atoms with van der Waals surface area (Å²) in [5.41, 5.74) is 1.38. The van der Waals surface area contributed by atoms with E-state index in [0.717, 1.165) is 5.71 Å². The largest absolute Gasteiger partial charge is 0.309 e. The number of rotatable bonds is 1. The van der Waals surface area contributed by atoms with Crippen molar-refractivity contribution in [2.45, 2.75) is 75.7 Å². The van der Waals surface area contributed by atoms with Crippen molar-refractivity contribution in [3.8, 4) is 0 Å². The molecular weight excluding hydrogens is 182 g/mol. The highest BCUT2D eigenvalue weighted by Crippen LogP contribution is 2.19. The molecule has 0 aromatic carbocycles. The van der Waals surface area contributed by atoms with Crippen molar-refractivity contribution in [1.82, 2.24) is 0 Å². The van der Waals surface area contributed by atoms with E-state index in [-0.39, 0.29) is 12.8 Å². The van der Waals surface area contributed by atoms with E-state index >= 15 is 0 Å². The minimum atomic E-state index is 0. The predicted molar refractivity (Wildman–Crippen MR) is 73.9 cm³/mol. The first kappa shape index (κ1) is 20.1. The van der Waals surface area contributed by atoms with Gasteiger partial charge in [0.15, 0.2) is 0 Å². The SMILES string of the molecule is C.CC(=N)C(C)(C)C.CCCC(C)(C)C. The van der Waals surface area contributed by atoms with Gasteiger partial charge < -0.3 is 5.41 Å². The van der Waals surface area contributed by atoms with Crippen LogP contribution >= 0.6 is 0 Å². The van der Waals surface area contributed by atoms with Crippen molar-refractivity contribution >= 4 is 5.71 Å². The Hall–Kier alpha value is -0.330. The van der Waals surface area contributed by atoms with Gasteiger partial charge in [0, 0.05) is 5.71 Å². The average Bonchev–Trinajstić information content (AvgIpc) is 1.82. The van der Waals surface area contributed by atoms with E-state index in [0.29, 0.717) is 5.41 Å². The molecule has 0 aliphatic rings. The molecule has 15 heavy (non-hydrogen) atoms. The van der Waals surface area contributed by atoms with E-state index in [9.17, 15) is 0 Å². The average molecular weight is 215 g/mol. The van der Waals surface area contributed by atoms with Gasteiger partial charge in [-0.05, 0) is 24.2 Å². The van der Waals surface area contributed by atoms with Crippen molar-refractivity contribution in [3.05, 3.63) is 0 Å². The zero-order valence-electron chi connectivity index (χ0n) is 11.4. The molecule has 0 unspecified atom stereocenters. The normalized spacial score (nSPS) is 10.9. The summed E-state index contributed by atoms with van der Waals surface area (Å²) < 4.78 is 0. The van der Waals surface area contributed by atoms with Crippen LogP contribution in [-0.4, -0.2) is 5.71 Å². The molecule has 0 radical (unpaired) electrons. The minimum Gasteiger partial charge on any atom is -0.309 e. The molecule has 1 N–H and O–H groups in total. The first-order valence-corrected chi connectivity index (χ1v) is 5.56. The summed E-state index contributed by atoms with van der Waals surface area (Å²) in [6.45, 7) is 17.0. The third-order valence-electron chi connectivity index (χ3n) is 2.12. The second-order valence-electron chi connectivity index (χ2n) is 6.19. The maximum absolute atomic E-state index is 7.15. The molecule has 0 atom stereocenters. The van der Waals surface area contributed by atoms with Gasteiger partial charge in [-0.1, -0.05) is 62.3 Å². The fourth-order valence-electron chi connectivity index (χ4n) is 0.750. The van der Waals surface area contributed by atoms with Crippen LogP contribution in [0.4, 0.5) is 0 Å². The first-order chi connectivity index (χ1) is 6.00. The second-order valence-corrected chi connectivity index (χ2v) is 6.19. The van der Waals surface area contributed by atoms with Crippen LogP contribution in [0, 0.1) is 16.2 Å². The highest BCUT2D eigenvalue weighted by atomic mass is 14.4. The van der Waals surface area contributed by atoms with E-state index in [1.54, 1.807) is 0 Å². The van der Waals surface area contributed by atoms with Crippen molar-refractivity contribution in [1.29, 1.82) is 5.41 Å². The van der Waals surface area contributed by atoms with Crippen LogP contribution in [0.25, 0.3) is 0 Å². The molecule has 94 valence electrons. The number of hydrogen-bond acceptors (Lipinski definition) is 1. The Morgan fingerprint density at radius 1 is 1.00 bits per heavy atom. The molecule has 1 heteroatoms. The molecule has 0 rings (SSSR count). The Kier molecular flexibility index (Phi) is 10.6. The van der Waals surface area contributed by atoms with Crippen LogP contribution < -0.4 is 0 Å². The molecule has 0 saturated carbocycles. The summed E-state index contributed by atoms with van der Waals surface area (Å²) in [7, 11) is 0. The van der Waals surface area contributed by atoms with Gasteiger partial charge in [0.25, 0.3) is 0 Å². The van der Waals surface area contributed by atoms with Crippen LogP contribution in [0.1, 0.15) is 75.7 Å². The fraction of sp³-hybridized carbons (Fsp3) is 0.929. The number of hydrogen-bond donors (Lipinski definition) is 1. The quantitative estimate of drug-likeness (QED) is 0.555. The van der Waals surface area contributed by atoms with Gasteiger partial charge in [-0.15, -0.1) is 0 Å². The Bertz CT molecular complexity index is 155. The standard InChI is InChI=1S/C7H16.C6H13N.CH4/c1-5-6-7(2,3)4;1-5(7)6(2,3)4;/h5-6H2,1-4H3;7H,1-4H3;1H4. The van der Waals surface area contributed by atoms with E-state index in [4.69, 9.17) is 5.41 Å². The van der Waals surface area contributed by atoms with Gasteiger partial charge in [0.2, 0.25) is 0 Å². The Morgan fingerprint density at radius 3 is 1.27 bits per heavy atom. The molecule has 0 aliphatic heterocycles. The first-order valence-electron chi connectivity index (χ1n) is 5.56. The van der Waals surface area contributed by atoms with Gasteiger partial charge in [0.05, 0.1) is 0 Å². The predicted octanol–water partition coefficient (Wildman–Crippen LogP) is 5.54. The van der Waals surface area contributed by atoms with Crippen LogP contribution in [0.3, 0.4) is 0 Å². The maximum Gasteiger partial charge on any atom is 0.0112 e. The third-order valence-corrected chi connectivity index (χ3v) is 2.12. The van der Waals surface area contributed by atoms with Gasteiger partial charge in [-0.3, -0.25) is 0 Å². The highest BCUT2D eigenvalue weighted by molar-refractivity contribution is 5.83. The lowest BCUT2D eigenvalue weighted by Gasteiger charge is -2.15. The Morgan fingerprint density at radius 2 is 1.27 bits per heavy atom. The zero-order chi connectivity index (χ0) is 12.0. The lowest BCUT2D eigenvalue weighted by Crippen LogP contribution is -2.14. The second kappa shape index (κ2) is 7.90. The van der Waals surface area contributed by atoms with Crippen molar-refractivity contribution < 1.29 is 0 Å². The van der Waals surface area contributed by atoms with Crippen molar-refractivity contribution in [3.63, 3.8) is 0 Å². The molecule has 0 heterocycles. The minimum absolute atomic E-state index is 0. The summed E-state index contributed by atoms with van der Waals surface area (Å²) in [6, 6.07) is 0. The van der Waals surface area contributed by atoms with Crippen LogP contribution in [-0.2, 0) is 0 Å². The molecule has 0 fully saturated rings. The van der Waals surface area contributed by atoms with E-state index in [2.05, 4.69) is 27.7 Å². The Labute approximate surface area is 98.2 Å². The summed E-state index contributed by atoms with van der Waals surface area (Å²) >= 11 is 0. The summed E-state index contributed by atoms with van der Waals surface area (Å²) in [6.07, 6.45) is 2.65. The van der Waals surface area contributed by atoms with Gasteiger partial charge in [0.1, 0.15) is 0 Å². The third kappa shape index (κ3) is 19.9. The van der Waals surface area contributed by atoms with Gasteiger partial charge in [-0.2, -0.15) is 0 Å². The molecule has 0 aliphatic carbocycles. The van der Waals surface area contributed by atoms with Crippen molar-refractivity contribution in [2.75, 3.05) is 0 Å². The fourth-order valence-corrected chi connectivity index (χ4v) is 0.750. The molecule has 0 amide bonds. The van der Waals surface area contributed by atoms with E-state index < -0.39 is 0 Å². The van der Waals surface area contributed by atoms with Crippen molar-refractivity contribution in [2.24, 2.45) is 10.8 Å². The van der Waals surface area contributed by atoms with Crippen LogP contribution in [0.15, 0.2) is 0 Å². The molecule has 1 nitrogen and oxygen atoms in total. The summed E-state index contributed by atoms with van der Waals surface area (Å²) in [5.74, 6) is 0. The van der Waals surface area contributed by atoms with E-state index in [1.165, 1.54) is 12.8 Å². The maximum atomic E-state index is 7.15. The highest BCUT2D eigenvalue weighted by Gasteiger charge is 2.10. The molecule has 0 saturated heterocycles. The monoisotopic (exact) mass is 215 g/mol. The van der Waals surface area contributed by atoms with Gasteiger partial charge in [-0.25, -0.2) is 0 Å². The molecule has 0 aromatic rings. The summed E-state index contributed by atoms with van der Waals surface area (Å²) in [5, 5.41) is 7.15. The van der Waals surface area contributed by atoms with Crippen LogP contribution in [0.5, 0.6) is 0 Å². The van der Waals surface area contributed by atoms with E-state index in [1.807, 2.05) is 27.7 Å². The van der Waals surface area contributed by atoms with Gasteiger partial charge >= 0.3 is 0 Å². The smallest absolute Gasteiger partial charge is 0.0112 e. The number of nitrogens with one attached hydrogen (secondary N) is 1. The summed E-state index contributed by atoms with van der Waals surface area (Å²) in [4.78, 5) is 0. The van der Waals surface area contributed by atoms with Crippen LogP contribution in [0.2, 0.25) is 0 Å².